The Morgan fingerprint density at radius 3 is 2.16 bits per heavy atom. The molecule has 9 heteroatoms. The van der Waals surface area contributed by atoms with Crippen LogP contribution in [-0.2, 0) is 6.54 Å². The number of aromatic nitrogens is 4. The van der Waals surface area contributed by atoms with Crippen LogP contribution < -0.4 is 5.73 Å². The Labute approximate surface area is 195 Å². The lowest BCUT2D eigenvalue weighted by Crippen LogP contribution is -2.22. The summed E-state index contributed by atoms with van der Waals surface area (Å²) in [6.45, 7) is 2.60. The summed E-state index contributed by atoms with van der Waals surface area (Å²) in [5.74, 6) is 0. The Morgan fingerprint density at radius 2 is 1.62 bits per heavy atom. The summed E-state index contributed by atoms with van der Waals surface area (Å²) in [4.78, 5) is 0. The Bertz CT molecular complexity index is 1280. The van der Waals surface area contributed by atoms with E-state index in [1.165, 1.54) is 0 Å². The van der Waals surface area contributed by atoms with Crippen LogP contribution in [0.15, 0.2) is 60.9 Å². The van der Waals surface area contributed by atoms with Gasteiger partial charge in [-0.05, 0) is 43.3 Å². The quantitative estimate of drug-likeness (QED) is 0.439. The highest BCUT2D eigenvalue weighted by atomic mass is 35.5. The van der Waals surface area contributed by atoms with Gasteiger partial charge in [-0.25, -0.2) is 0 Å². The Hall–Kier alpha value is -3.62. The summed E-state index contributed by atoms with van der Waals surface area (Å²) in [6.07, 6.45) is 3.55. The maximum absolute atomic E-state index is 8.82. The van der Waals surface area contributed by atoms with Crippen molar-refractivity contribution in [3.05, 3.63) is 82.1 Å². The van der Waals surface area contributed by atoms with Gasteiger partial charge in [0.25, 0.3) is 0 Å². The first-order valence-corrected chi connectivity index (χ1v) is 10.3. The van der Waals surface area contributed by atoms with Gasteiger partial charge in [0.1, 0.15) is 12.1 Å². The van der Waals surface area contributed by atoms with Crippen molar-refractivity contribution in [2.24, 2.45) is 5.73 Å². The number of aromatic amines is 1. The summed E-state index contributed by atoms with van der Waals surface area (Å²) < 4.78 is 1.80. The third-order valence-corrected chi connectivity index (χ3v) is 5.03. The van der Waals surface area contributed by atoms with Crippen molar-refractivity contribution < 1.29 is 0 Å². The van der Waals surface area contributed by atoms with E-state index < -0.39 is 0 Å². The highest BCUT2D eigenvalue weighted by Gasteiger charge is 2.07. The van der Waals surface area contributed by atoms with Crippen LogP contribution in [0.4, 0.5) is 0 Å². The summed E-state index contributed by atoms with van der Waals surface area (Å²) in [5.41, 5.74) is 10.2. The molecule has 4 aromatic rings. The monoisotopic (exact) mass is 463 g/mol. The zero-order valence-corrected chi connectivity index (χ0v) is 18.6. The molecule has 1 atom stereocenters. The van der Waals surface area contributed by atoms with Crippen molar-refractivity contribution in [1.29, 1.82) is 10.5 Å². The van der Waals surface area contributed by atoms with E-state index in [0.717, 1.165) is 22.5 Å². The maximum Gasteiger partial charge on any atom is 0.101 e. The van der Waals surface area contributed by atoms with Crippen molar-refractivity contribution in [3.63, 3.8) is 0 Å². The molecule has 0 radical (unpaired) electrons. The lowest BCUT2D eigenvalue weighted by molar-refractivity contribution is 0.540. The number of rotatable bonds is 4. The predicted octanol–water partition coefficient (Wildman–Crippen LogP) is 5.02. The lowest BCUT2D eigenvalue weighted by Gasteiger charge is -2.04. The van der Waals surface area contributed by atoms with Crippen molar-refractivity contribution in [2.75, 3.05) is 0 Å². The van der Waals surface area contributed by atoms with Crippen LogP contribution in [0.2, 0.25) is 10.0 Å². The van der Waals surface area contributed by atoms with Crippen LogP contribution in [0.3, 0.4) is 0 Å². The van der Waals surface area contributed by atoms with Gasteiger partial charge in [0.15, 0.2) is 0 Å². The smallest absolute Gasteiger partial charge is 0.101 e. The predicted molar refractivity (Wildman–Crippen MR) is 125 cm³/mol. The van der Waals surface area contributed by atoms with Crippen molar-refractivity contribution >= 4 is 23.2 Å². The minimum atomic E-state index is 0.0577. The van der Waals surface area contributed by atoms with Gasteiger partial charge in [-0.2, -0.15) is 20.7 Å². The average molecular weight is 464 g/mol. The summed E-state index contributed by atoms with van der Waals surface area (Å²) in [7, 11) is 0. The van der Waals surface area contributed by atoms with E-state index in [9.17, 15) is 0 Å². The minimum absolute atomic E-state index is 0.0577. The fourth-order valence-electron chi connectivity index (χ4n) is 2.87. The largest absolute Gasteiger partial charge is 0.326 e. The van der Waals surface area contributed by atoms with Crippen LogP contribution >= 0.6 is 23.2 Å². The number of halogens is 2. The molecule has 2 heterocycles. The average Bonchev–Trinajstić information content (AvgIpc) is 3.46. The highest BCUT2D eigenvalue weighted by Crippen LogP contribution is 2.24. The van der Waals surface area contributed by atoms with Gasteiger partial charge in [0.2, 0.25) is 0 Å². The molecule has 160 valence electrons. The molecule has 0 unspecified atom stereocenters. The number of hydrogen-bond donors (Lipinski definition) is 2. The molecule has 0 aliphatic rings. The molecular formula is C23H19Cl2N7. The van der Waals surface area contributed by atoms with Crippen molar-refractivity contribution in [2.45, 2.75) is 19.5 Å². The Morgan fingerprint density at radius 1 is 1.00 bits per heavy atom. The lowest BCUT2D eigenvalue weighted by atomic mass is 10.1. The fourth-order valence-corrected chi connectivity index (χ4v) is 3.31. The fraction of sp³-hybridized carbons (Fsp3) is 0.130. The van der Waals surface area contributed by atoms with Crippen LogP contribution in [-0.4, -0.2) is 26.0 Å². The molecular weight excluding hydrogens is 445 g/mol. The SMILES string of the molecule is C[C@H](N)Cn1ccc(-c2ccc(C#N)c(Cl)c2)n1.N#Cc1ccc(-c2ccn[nH]2)cc1Cl. The number of H-pyrrole nitrogens is 1. The van der Waals surface area contributed by atoms with E-state index in [-0.39, 0.29) is 6.04 Å². The zero-order chi connectivity index (χ0) is 23.1. The molecule has 4 rings (SSSR count). The topological polar surface area (TPSA) is 120 Å². The summed E-state index contributed by atoms with van der Waals surface area (Å²) in [5, 5.41) is 29.5. The van der Waals surface area contributed by atoms with E-state index in [2.05, 4.69) is 15.3 Å². The van der Waals surface area contributed by atoms with Crippen LogP contribution in [0, 0.1) is 22.7 Å². The Kier molecular flexibility index (Phi) is 7.64. The van der Waals surface area contributed by atoms with Crippen LogP contribution in [0.5, 0.6) is 0 Å². The second kappa shape index (κ2) is 10.6. The molecule has 7 nitrogen and oxygen atoms in total. The third kappa shape index (κ3) is 5.75. The molecule has 0 spiro atoms. The zero-order valence-electron chi connectivity index (χ0n) is 17.1. The van der Waals surface area contributed by atoms with Gasteiger partial charge < -0.3 is 5.73 Å². The van der Waals surface area contributed by atoms with Crippen molar-refractivity contribution in [1.82, 2.24) is 20.0 Å². The standard InChI is InChI=1S/C13H13ClN4.C10H6ClN3/c1-9(16)8-18-5-4-13(17-18)10-2-3-11(7-15)12(14)6-10;11-9-5-7(1-2-8(9)6-12)10-3-4-13-14-10/h2-6,9H,8,16H2,1H3;1-5H,(H,13,14)/t9-;/m0./s1. The van der Waals surface area contributed by atoms with Gasteiger partial charge in [-0.3, -0.25) is 9.78 Å². The first kappa shape index (κ1) is 23.1. The van der Waals surface area contributed by atoms with Crippen LogP contribution in [0.25, 0.3) is 22.5 Å². The highest BCUT2D eigenvalue weighted by molar-refractivity contribution is 6.32. The van der Waals surface area contributed by atoms with E-state index in [0.29, 0.717) is 27.7 Å². The molecule has 2 aromatic carbocycles. The second-order valence-corrected chi connectivity index (χ2v) is 7.80. The Balaban J connectivity index is 0.000000186. The van der Waals surface area contributed by atoms with Crippen molar-refractivity contribution in [3.8, 4) is 34.7 Å². The third-order valence-electron chi connectivity index (χ3n) is 4.40. The first-order chi connectivity index (χ1) is 15.4. The van der Waals surface area contributed by atoms with E-state index in [1.54, 1.807) is 35.1 Å². The maximum atomic E-state index is 8.82. The van der Waals surface area contributed by atoms with E-state index in [4.69, 9.17) is 39.5 Å². The summed E-state index contributed by atoms with van der Waals surface area (Å²) in [6, 6.07) is 18.4. The molecule has 32 heavy (non-hydrogen) atoms. The second-order valence-electron chi connectivity index (χ2n) is 6.98. The molecule has 3 N–H and O–H groups in total. The van der Waals surface area contributed by atoms with Gasteiger partial charge in [-0.15, -0.1) is 0 Å². The number of benzene rings is 2. The van der Waals surface area contributed by atoms with E-state index in [1.807, 2.05) is 49.5 Å². The molecule has 0 fully saturated rings. The first-order valence-electron chi connectivity index (χ1n) is 9.59. The number of nitriles is 2. The number of hydrogen-bond acceptors (Lipinski definition) is 5. The molecule has 0 saturated carbocycles. The molecule has 2 aromatic heterocycles. The molecule has 0 saturated heterocycles. The molecule has 0 aliphatic heterocycles. The van der Waals surface area contributed by atoms with Gasteiger partial charge in [0.05, 0.1) is 39.1 Å². The van der Waals surface area contributed by atoms with Gasteiger partial charge in [-0.1, -0.05) is 35.3 Å². The summed E-state index contributed by atoms with van der Waals surface area (Å²) >= 11 is 11.9. The van der Waals surface area contributed by atoms with Crippen LogP contribution in [0.1, 0.15) is 18.1 Å². The molecule has 0 bridgehead atoms. The van der Waals surface area contributed by atoms with Gasteiger partial charge in [0, 0.05) is 29.6 Å². The minimum Gasteiger partial charge on any atom is -0.326 e. The van der Waals surface area contributed by atoms with E-state index >= 15 is 0 Å². The normalized spacial score (nSPS) is 11.1. The molecule has 0 aliphatic carbocycles. The number of nitrogens with two attached hydrogens (primary N) is 1. The van der Waals surface area contributed by atoms with Gasteiger partial charge >= 0.3 is 0 Å². The molecule has 0 amide bonds. The number of nitrogens with zero attached hydrogens (tertiary/aromatic N) is 5. The number of nitrogens with one attached hydrogen (secondary N) is 1.